The summed E-state index contributed by atoms with van der Waals surface area (Å²) in [5.41, 5.74) is 0.722. The molecule has 0 spiro atoms. The van der Waals surface area contributed by atoms with E-state index in [1.54, 1.807) is 12.1 Å². The first-order chi connectivity index (χ1) is 15.8. The minimum atomic E-state index is -4.36. The van der Waals surface area contributed by atoms with Crippen LogP contribution in [0.4, 0.5) is 18.9 Å². The van der Waals surface area contributed by atoms with Gasteiger partial charge in [0.1, 0.15) is 5.75 Å². The molecule has 0 saturated carbocycles. The molecule has 0 radical (unpaired) electrons. The third kappa shape index (κ3) is 5.52. The summed E-state index contributed by atoms with van der Waals surface area (Å²) < 4.78 is 44.8. The van der Waals surface area contributed by atoms with E-state index in [9.17, 15) is 18.0 Å². The van der Waals surface area contributed by atoms with Crippen LogP contribution in [0.3, 0.4) is 0 Å². The first kappa shape index (κ1) is 23.2. The quantitative estimate of drug-likeness (QED) is 0.550. The van der Waals surface area contributed by atoms with Crippen LogP contribution < -0.4 is 9.64 Å². The molecule has 9 heteroatoms. The SMILES string of the molecule is CCCOc1ccccc1C=C1SC(N2CCN(c3cccc(C(F)(F)F)c3)CC2)=NC1=O. The number of carbonyl (C=O) groups is 1. The van der Waals surface area contributed by atoms with Gasteiger partial charge in [-0.05, 0) is 48.5 Å². The lowest BCUT2D eigenvalue weighted by atomic mass is 10.1. The summed E-state index contributed by atoms with van der Waals surface area (Å²) >= 11 is 1.32. The predicted octanol–water partition coefficient (Wildman–Crippen LogP) is 5.29. The zero-order valence-corrected chi connectivity index (χ0v) is 19.0. The number of amidine groups is 1. The molecule has 0 N–H and O–H groups in total. The van der Waals surface area contributed by atoms with Gasteiger partial charge in [0, 0.05) is 37.4 Å². The number of alkyl halides is 3. The number of halogens is 3. The Morgan fingerprint density at radius 3 is 2.52 bits per heavy atom. The van der Waals surface area contributed by atoms with Crippen LogP contribution in [-0.2, 0) is 11.0 Å². The average Bonchev–Trinajstić information content (AvgIpc) is 3.18. The van der Waals surface area contributed by atoms with Crippen molar-refractivity contribution in [2.75, 3.05) is 37.7 Å². The fourth-order valence-electron chi connectivity index (χ4n) is 3.65. The lowest BCUT2D eigenvalue weighted by Gasteiger charge is -2.36. The number of hydrogen-bond donors (Lipinski definition) is 0. The highest BCUT2D eigenvalue weighted by Crippen LogP contribution is 2.34. The number of anilines is 1. The maximum atomic E-state index is 13.0. The maximum absolute atomic E-state index is 13.0. The number of nitrogens with zero attached hydrogens (tertiary/aromatic N) is 3. The summed E-state index contributed by atoms with van der Waals surface area (Å²) in [7, 11) is 0. The van der Waals surface area contributed by atoms with Crippen LogP contribution in [0, 0.1) is 0 Å². The Morgan fingerprint density at radius 1 is 1.06 bits per heavy atom. The summed E-state index contributed by atoms with van der Waals surface area (Å²) in [6.45, 7) is 4.85. The second kappa shape index (κ2) is 9.91. The van der Waals surface area contributed by atoms with Crippen LogP contribution in [0.25, 0.3) is 6.08 Å². The van der Waals surface area contributed by atoms with Crippen LogP contribution in [0.15, 0.2) is 58.4 Å². The molecule has 1 saturated heterocycles. The third-order valence-corrected chi connectivity index (χ3v) is 6.41. The molecule has 33 heavy (non-hydrogen) atoms. The summed E-state index contributed by atoms with van der Waals surface area (Å²) in [5, 5.41) is 0.627. The predicted molar refractivity (Wildman–Crippen MR) is 125 cm³/mol. The van der Waals surface area contributed by atoms with Crippen LogP contribution in [0.1, 0.15) is 24.5 Å². The number of carbonyl (C=O) groups excluding carboxylic acids is 1. The van der Waals surface area contributed by atoms with Crippen molar-refractivity contribution in [3.8, 4) is 5.75 Å². The normalized spacial score (nSPS) is 18.1. The van der Waals surface area contributed by atoms with Crippen LogP contribution >= 0.6 is 11.8 Å². The van der Waals surface area contributed by atoms with Crippen molar-refractivity contribution in [3.63, 3.8) is 0 Å². The van der Waals surface area contributed by atoms with E-state index in [4.69, 9.17) is 4.74 Å². The van der Waals surface area contributed by atoms with Crippen molar-refractivity contribution < 1.29 is 22.7 Å². The van der Waals surface area contributed by atoms with Crippen molar-refractivity contribution in [2.45, 2.75) is 19.5 Å². The van der Waals surface area contributed by atoms with E-state index in [2.05, 4.69) is 4.99 Å². The van der Waals surface area contributed by atoms with Gasteiger partial charge < -0.3 is 14.5 Å². The van der Waals surface area contributed by atoms with Crippen LogP contribution in [0.2, 0.25) is 0 Å². The fraction of sp³-hybridized carbons (Fsp3) is 0.333. The molecule has 0 bridgehead atoms. The van der Waals surface area contributed by atoms with E-state index in [0.29, 0.717) is 48.5 Å². The van der Waals surface area contributed by atoms with Gasteiger partial charge in [-0.3, -0.25) is 4.79 Å². The van der Waals surface area contributed by atoms with Crippen LogP contribution in [0.5, 0.6) is 5.75 Å². The molecular formula is C24H24F3N3O2S. The summed E-state index contributed by atoms with van der Waals surface area (Å²) in [5.74, 6) is 0.434. The van der Waals surface area contributed by atoms with Gasteiger partial charge in [-0.25, -0.2) is 0 Å². The second-order valence-corrected chi connectivity index (χ2v) is 8.73. The molecule has 2 aromatic rings. The van der Waals surface area contributed by atoms with Gasteiger partial charge in [-0.2, -0.15) is 18.2 Å². The number of thioether (sulfide) groups is 1. The Hall–Kier alpha value is -2.94. The highest BCUT2D eigenvalue weighted by atomic mass is 32.2. The highest BCUT2D eigenvalue weighted by Gasteiger charge is 2.32. The first-order valence-corrected chi connectivity index (χ1v) is 11.6. The Bertz CT molecular complexity index is 1080. The summed E-state index contributed by atoms with van der Waals surface area (Å²) in [6, 6.07) is 12.9. The number of piperazine rings is 1. The Labute approximate surface area is 194 Å². The van der Waals surface area contributed by atoms with Crippen LogP contribution in [-0.4, -0.2) is 48.8 Å². The van der Waals surface area contributed by atoms with Gasteiger partial charge in [0.15, 0.2) is 5.17 Å². The standard InChI is InChI=1S/C24H24F3N3O2S/c1-2-14-32-20-9-4-3-6-17(20)15-21-22(31)28-23(33-21)30-12-10-29(11-13-30)19-8-5-7-18(16-19)24(25,26)27/h3-9,15-16H,2,10-14H2,1H3. The number of benzene rings is 2. The number of aliphatic imine (C=N–C) groups is 1. The molecule has 2 heterocycles. The molecule has 1 amide bonds. The minimum Gasteiger partial charge on any atom is -0.493 e. The van der Waals surface area contributed by atoms with E-state index < -0.39 is 11.7 Å². The maximum Gasteiger partial charge on any atom is 0.416 e. The molecule has 1 fully saturated rings. The molecule has 4 rings (SSSR count). The van der Waals surface area contributed by atoms with Crippen molar-refractivity contribution in [2.24, 2.45) is 4.99 Å². The smallest absolute Gasteiger partial charge is 0.416 e. The molecule has 2 aliphatic rings. The molecule has 2 aromatic carbocycles. The molecular weight excluding hydrogens is 451 g/mol. The van der Waals surface area contributed by atoms with Crippen molar-refractivity contribution in [1.29, 1.82) is 0 Å². The van der Waals surface area contributed by atoms with Gasteiger partial charge in [0.05, 0.1) is 17.1 Å². The monoisotopic (exact) mass is 475 g/mol. The Balaban J connectivity index is 1.40. The molecule has 0 unspecified atom stereocenters. The molecule has 2 aliphatic heterocycles. The average molecular weight is 476 g/mol. The number of amides is 1. The third-order valence-electron chi connectivity index (χ3n) is 5.37. The van der Waals surface area contributed by atoms with Crippen molar-refractivity contribution >= 4 is 34.6 Å². The molecule has 5 nitrogen and oxygen atoms in total. The Morgan fingerprint density at radius 2 is 1.79 bits per heavy atom. The van der Waals surface area contributed by atoms with E-state index in [1.807, 2.05) is 41.0 Å². The summed E-state index contributed by atoms with van der Waals surface area (Å²) in [6.07, 6.45) is -1.68. The molecule has 0 aromatic heterocycles. The van der Waals surface area contributed by atoms with Gasteiger partial charge >= 0.3 is 6.18 Å². The number of ether oxygens (including phenoxy) is 1. The highest BCUT2D eigenvalue weighted by molar-refractivity contribution is 8.18. The van der Waals surface area contributed by atoms with E-state index in [1.165, 1.54) is 23.9 Å². The van der Waals surface area contributed by atoms with Crippen molar-refractivity contribution in [1.82, 2.24) is 4.90 Å². The lowest BCUT2D eigenvalue weighted by Crippen LogP contribution is -2.47. The van der Waals surface area contributed by atoms with Gasteiger partial charge in [-0.1, -0.05) is 31.2 Å². The topological polar surface area (TPSA) is 45.1 Å². The minimum absolute atomic E-state index is 0.291. The molecule has 0 aliphatic carbocycles. The zero-order valence-electron chi connectivity index (χ0n) is 18.1. The lowest BCUT2D eigenvalue weighted by molar-refractivity contribution is -0.137. The number of rotatable bonds is 5. The molecule has 0 atom stereocenters. The van der Waals surface area contributed by atoms with Gasteiger partial charge in [-0.15, -0.1) is 0 Å². The van der Waals surface area contributed by atoms with Crippen molar-refractivity contribution in [3.05, 3.63) is 64.6 Å². The van der Waals surface area contributed by atoms with E-state index in [-0.39, 0.29) is 5.91 Å². The van der Waals surface area contributed by atoms with E-state index >= 15 is 0 Å². The Kier molecular flexibility index (Phi) is 6.97. The van der Waals surface area contributed by atoms with E-state index in [0.717, 1.165) is 23.8 Å². The second-order valence-electron chi connectivity index (χ2n) is 7.72. The van der Waals surface area contributed by atoms with Gasteiger partial charge in [0.2, 0.25) is 0 Å². The number of hydrogen-bond acceptors (Lipinski definition) is 5. The first-order valence-electron chi connectivity index (χ1n) is 10.8. The zero-order chi connectivity index (χ0) is 23.4. The van der Waals surface area contributed by atoms with Gasteiger partial charge in [0.25, 0.3) is 5.91 Å². The summed E-state index contributed by atoms with van der Waals surface area (Å²) in [4.78, 5) is 21.2. The molecule has 174 valence electrons. The fourth-order valence-corrected chi connectivity index (χ4v) is 4.61. The number of para-hydroxylation sites is 1. The largest absolute Gasteiger partial charge is 0.493 e.